The summed E-state index contributed by atoms with van der Waals surface area (Å²) in [5.74, 6) is -0.211. The molecule has 108 valence electrons. The molecule has 1 aromatic heterocycles. The molecule has 0 atom stereocenters. The van der Waals surface area contributed by atoms with Crippen molar-refractivity contribution in [2.75, 3.05) is 6.54 Å². The molecule has 1 aromatic rings. The van der Waals surface area contributed by atoms with Gasteiger partial charge in [0.25, 0.3) is 10.0 Å². The normalized spacial score (nSPS) is 12.4. The number of carbonyl (C=O) groups excluding carboxylic acids is 1. The summed E-state index contributed by atoms with van der Waals surface area (Å²) in [6.45, 7) is 5.59. The summed E-state index contributed by atoms with van der Waals surface area (Å²) in [6.07, 6.45) is 1.26. The van der Waals surface area contributed by atoms with Crippen molar-refractivity contribution in [2.24, 2.45) is 0 Å². The molecule has 1 heterocycles. The average molecular weight is 326 g/mol. The Kier molecular flexibility index (Phi) is 5.31. The first-order chi connectivity index (χ1) is 8.60. The second-order valence-electron chi connectivity index (χ2n) is 4.88. The molecule has 1 rings (SSSR count). The summed E-state index contributed by atoms with van der Waals surface area (Å²) in [5.41, 5.74) is -0.332. The van der Waals surface area contributed by atoms with Gasteiger partial charge in [0.2, 0.25) is 5.91 Å². The van der Waals surface area contributed by atoms with Crippen LogP contribution in [0.1, 0.15) is 27.2 Å². The van der Waals surface area contributed by atoms with Crippen molar-refractivity contribution in [3.8, 4) is 0 Å². The molecule has 19 heavy (non-hydrogen) atoms. The van der Waals surface area contributed by atoms with E-state index in [4.69, 9.17) is 11.6 Å². The summed E-state index contributed by atoms with van der Waals surface area (Å²) in [5, 5.41) is 2.74. The smallest absolute Gasteiger partial charge is 0.251 e. The van der Waals surface area contributed by atoms with E-state index >= 15 is 0 Å². The standard InChI is InChI=1S/C10H16ClN3O3S2/c1-10(2,3)14-7(15)4-5-13-19(16,17)8-6-12-9(11)18-8/h6,13H,4-5H2,1-3H3,(H,14,15). The molecule has 0 saturated carbocycles. The van der Waals surface area contributed by atoms with Crippen LogP contribution in [0.4, 0.5) is 0 Å². The number of hydrogen-bond donors (Lipinski definition) is 2. The van der Waals surface area contributed by atoms with E-state index < -0.39 is 10.0 Å². The Morgan fingerprint density at radius 3 is 2.58 bits per heavy atom. The summed E-state index contributed by atoms with van der Waals surface area (Å²) < 4.78 is 26.1. The van der Waals surface area contributed by atoms with Crippen molar-refractivity contribution in [3.63, 3.8) is 0 Å². The molecule has 0 spiro atoms. The molecule has 0 saturated heterocycles. The van der Waals surface area contributed by atoms with E-state index in [0.29, 0.717) is 0 Å². The molecular weight excluding hydrogens is 310 g/mol. The Labute approximate surface area is 121 Å². The lowest BCUT2D eigenvalue weighted by Crippen LogP contribution is -2.41. The number of carbonyl (C=O) groups is 1. The first kappa shape index (κ1) is 16.4. The molecule has 0 radical (unpaired) electrons. The lowest BCUT2D eigenvalue weighted by Gasteiger charge is -2.20. The Morgan fingerprint density at radius 1 is 1.47 bits per heavy atom. The maximum atomic E-state index is 11.8. The molecule has 2 N–H and O–H groups in total. The van der Waals surface area contributed by atoms with E-state index in [-0.39, 0.29) is 33.1 Å². The van der Waals surface area contributed by atoms with Crippen LogP contribution in [0.25, 0.3) is 0 Å². The van der Waals surface area contributed by atoms with Crippen LogP contribution in [0, 0.1) is 0 Å². The van der Waals surface area contributed by atoms with Crippen LogP contribution in [0.15, 0.2) is 10.4 Å². The van der Waals surface area contributed by atoms with Crippen molar-refractivity contribution in [1.29, 1.82) is 0 Å². The number of aromatic nitrogens is 1. The molecule has 0 aliphatic carbocycles. The van der Waals surface area contributed by atoms with Crippen molar-refractivity contribution in [3.05, 3.63) is 10.7 Å². The molecule has 1 amide bonds. The SMILES string of the molecule is CC(C)(C)NC(=O)CCNS(=O)(=O)c1cnc(Cl)s1. The minimum absolute atomic E-state index is 0.0275. The largest absolute Gasteiger partial charge is 0.351 e. The van der Waals surface area contributed by atoms with Gasteiger partial charge in [0.15, 0.2) is 8.68 Å². The number of nitrogens with zero attached hydrogens (tertiary/aromatic N) is 1. The van der Waals surface area contributed by atoms with E-state index in [9.17, 15) is 13.2 Å². The van der Waals surface area contributed by atoms with Gasteiger partial charge in [-0.3, -0.25) is 4.79 Å². The predicted molar refractivity (Wildman–Crippen MR) is 74.8 cm³/mol. The zero-order valence-corrected chi connectivity index (χ0v) is 13.2. The van der Waals surface area contributed by atoms with Crippen molar-refractivity contribution < 1.29 is 13.2 Å². The molecule has 0 unspecified atom stereocenters. The quantitative estimate of drug-likeness (QED) is 0.856. The zero-order valence-electron chi connectivity index (χ0n) is 10.9. The van der Waals surface area contributed by atoms with Gasteiger partial charge in [-0.25, -0.2) is 18.1 Å². The Balaban J connectivity index is 2.47. The monoisotopic (exact) mass is 325 g/mol. The van der Waals surface area contributed by atoms with Crippen molar-refractivity contribution in [2.45, 2.75) is 36.9 Å². The van der Waals surface area contributed by atoms with Gasteiger partial charge < -0.3 is 5.32 Å². The van der Waals surface area contributed by atoms with E-state index in [1.807, 2.05) is 20.8 Å². The number of nitrogens with one attached hydrogen (secondary N) is 2. The molecule has 6 nitrogen and oxygen atoms in total. The van der Waals surface area contributed by atoms with Crippen molar-refractivity contribution in [1.82, 2.24) is 15.0 Å². The van der Waals surface area contributed by atoms with E-state index in [1.165, 1.54) is 6.20 Å². The van der Waals surface area contributed by atoms with Gasteiger partial charge in [0.1, 0.15) is 0 Å². The number of amides is 1. The number of halogens is 1. The van der Waals surface area contributed by atoms with Gasteiger partial charge in [-0.05, 0) is 20.8 Å². The fourth-order valence-electron chi connectivity index (χ4n) is 1.21. The van der Waals surface area contributed by atoms with Gasteiger partial charge in [-0.1, -0.05) is 22.9 Å². The van der Waals surface area contributed by atoms with E-state index in [1.54, 1.807) is 0 Å². The fourth-order valence-corrected chi connectivity index (χ4v) is 3.58. The van der Waals surface area contributed by atoms with Crippen molar-refractivity contribution >= 4 is 38.9 Å². The molecule has 0 aromatic carbocycles. The minimum atomic E-state index is -3.64. The van der Waals surface area contributed by atoms with E-state index in [2.05, 4.69) is 15.0 Å². The van der Waals surface area contributed by atoms with Crippen LogP contribution in [-0.4, -0.2) is 31.4 Å². The number of sulfonamides is 1. The average Bonchev–Trinajstić information content (AvgIpc) is 2.62. The van der Waals surface area contributed by atoms with Crippen LogP contribution in [0.2, 0.25) is 4.47 Å². The van der Waals surface area contributed by atoms with Gasteiger partial charge in [-0.2, -0.15) is 0 Å². The molecule has 0 aliphatic heterocycles. The summed E-state index contributed by atoms with van der Waals surface area (Å²) in [4.78, 5) is 15.2. The highest BCUT2D eigenvalue weighted by atomic mass is 35.5. The number of thiazole rings is 1. The Hall–Kier alpha value is -0.700. The second kappa shape index (κ2) is 6.17. The fraction of sp³-hybridized carbons (Fsp3) is 0.600. The second-order valence-corrected chi connectivity index (χ2v) is 8.48. The highest BCUT2D eigenvalue weighted by Gasteiger charge is 2.18. The van der Waals surface area contributed by atoms with Gasteiger partial charge >= 0.3 is 0 Å². The summed E-state index contributed by atoms with van der Waals surface area (Å²) in [7, 11) is -3.64. The molecular formula is C10H16ClN3O3S2. The van der Waals surface area contributed by atoms with E-state index in [0.717, 1.165) is 11.3 Å². The lowest BCUT2D eigenvalue weighted by molar-refractivity contribution is -0.122. The molecule has 0 bridgehead atoms. The Bertz CT molecular complexity index is 549. The third-order valence-corrected chi connectivity index (χ3v) is 4.92. The topological polar surface area (TPSA) is 88.2 Å². The van der Waals surface area contributed by atoms with Crippen LogP contribution in [-0.2, 0) is 14.8 Å². The van der Waals surface area contributed by atoms with Gasteiger partial charge in [0.05, 0.1) is 6.20 Å². The van der Waals surface area contributed by atoms with Crippen LogP contribution < -0.4 is 10.0 Å². The predicted octanol–water partition coefficient (Wildman–Crippen LogP) is 1.38. The molecule has 0 fully saturated rings. The number of hydrogen-bond acceptors (Lipinski definition) is 5. The highest BCUT2D eigenvalue weighted by Crippen LogP contribution is 2.21. The van der Waals surface area contributed by atoms with Gasteiger partial charge in [-0.15, -0.1) is 0 Å². The number of rotatable bonds is 5. The van der Waals surface area contributed by atoms with Crippen LogP contribution >= 0.6 is 22.9 Å². The Morgan fingerprint density at radius 2 is 2.11 bits per heavy atom. The van der Waals surface area contributed by atoms with Crippen LogP contribution in [0.3, 0.4) is 0 Å². The summed E-state index contributed by atoms with van der Waals surface area (Å²) in [6, 6.07) is 0. The zero-order chi connectivity index (χ0) is 14.7. The molecule has 0 aliphatic rings. The third kappa shape index (κ3) is 5.85. The third-order valence-electron chi connectivity index (χ3n) is 1.88. The summed E-state index contributed by atoms with van der Waals surface area (Å²) >= 11 is 6.44. The van der Waals surface area contributed by atoms with Gasteiger partial charge in [0, 0.05) is 18.5 Å². The first-order valence-electron chi connectivity index (χ1n) is 5.52. The minimum Gasteiger partial charge on any atom is -0.351 e. The highest BCUT2D eigenvalue weighted by molar-refractivity contribution is 7.91. The van der Waals surface area contributed by atoms with Crippen LogP contribution in [0.5, 0.6) is 0 Å². The lowest BCUT2D eigenvalue weighted by atomic mass is 10.1. The first-order valence-corrected chi connectivity index (χ1v) is 8.20. The maximum Gasteiger partial charge on any atom is 0.251 e. The molecule has 9 heteroatoms. The maximum absolute atomic E-state index is 11.8.